The number of aromatic nitrogens is 2. The first-order valence-electron chi connectivity index (χ1n) is 18.8. The predicted octanol–water partition coefficient (Wildman–Crippen LogP) is 14.2. The van der Waals surface area contributed by atoms with Crippen LogP contribution in [-0.4, -0.2) is 9.55 Å². The molecule has 0 atom stereocenters. The molecule has 258 valence electrons. The Kier molecular flexibility index (Phi) is 8.20. The summed E-state index contributed by atoms with van der Waals surface area (Å²) in [7, 11) is 0. The molecule has 2 aromatic heterocycles. The molecular weight excluding hydrogens is 665 g/mol. The molecule has 0 saturated heterocycles. The summed E-state index contributed by atoms with van der Waals surface area (Å²) < 4.78 is 2.40. The third-order valence-electron chi connectivity index (χ3n) is 10.6. The van der Waals surface area contributed by atoms with Gasteiger partial charge in [0, 0.05) is 27.6 Å². The molecule has 0 N–H and O–H groups in total. The van der Waals surface area contributed by atoms with E-state index in [1.54, 1.807) is 0 Å². The maximum Gasteiger partial charge on any atom is 0.0716 e. The van der Waals surface area contributed by atoms with Crippen molar-refractivity contribution < 1.29 is 0 Å². The fraction of sp³-hybridized carbons (Fsp3) is 0. The molecule has 2 heteroatoms. The summed E-state index contributed by atoms with van der Waals surface area (Å²) in [4.78, 5) is 5.29. The van der Waals surface area contributed by atoms with Gasteiger partial charge in [-0.1, -0.05) is 170 Å². The maximum absolute atomic E-state index is 5.29. The second kappa shape index (κ2) is 13.9. The second-order valence-electron chi connectivity index (χ2n) is 14.0. The summed E-state index contributed by atoms with van der Waals surface area (Å²) in [5.74, 6) is 0. The zero-order valence-electron chi connectivity index (χ0n) is 30.2. The van der Waals surface area contributed by atoms with E-state index < -0.39 is 0 Å². The largest absolute Gasteiger partial charge is 0.309 e. The summed E-state index contributed by atoms with van der Waals surface area (Å²) in [5, 5.41) is 2.45. The summed E-state index contributed by atoms with van der Waals surface area (Å²) >= 11 is 0. The molecule has 8 aromatic carbocycles. The number of hydrogen-bond acceptors (Lipinski definition) is 1. The SMILES string of the molecule is c1ccc(-c2ccc(-c3cc(-c4ccccc4)nc(-c4cccc(-n5c6ccc(-c7ccccc7)cc6c6cc(-c7ccccc7)ccc65)c4)c3)cc2)cc1. The third-order valence-corrected chi connectivity index (χ3v) is 10.6. The molecule has 0 unspecified atom stereocenters. The average molecular weight is 701 g/mol. The maximum atomic E-state index is 5.29. The molecule has 0 saturated carbocycles. The van der Waals surface area contributed by atoms with Crippen LogP contribution < -0.4 is 0 Å². The Balaban J connectivity index is 1.13. The number of hydrogen-bond donors (Lipinski definition) is 0. The lowest BCUT2D eigenvalue weighted by molar-refractivity contribution is 1.18. The zero-order valence-corrected chi connectivity index (χ0v) is 30.2. The Morgan fingerprint density at radius 1 is 0.255 bits per heavy atom. The average Bonchev–Trinajstić information content (AvgIpc) is 3.60. The lowest BCUT2D eigenvalue weighted by atomic mass is 9.97. The minimum absolute atomic E-state index is 0.934. The van der Waals surface area contributed by atoms with Crippen molar-refractivity contribution in [1.29, 1.82) is 0 Å². The summed E-state index contributed by atoms with van der Waals surface area (Å²) in [5.41, 5.74) is 17.0. The number of benzene rings is 8. The van der Waals surface area contributed by atoms with E-state index in [1.165, 1.54) is 55.2 Å². The molecule has 0 aliphatic rings. The fourth-order valence-electron chi connectivity index (χ4n) is 7.81. The van der Waals surface area contributed by atoms with Crippen LogP contribution in [0.5, 0.6) is 0 Å². The van der Waals surface area contributed by atoms with Crippen molar-refractivity contribution in [2.24, 2.45) is 0 Å². The van der Waals surface area contributed by atoms with Crippen molar-refractivity contribution in [1.82, 2.24) is 9.55 Å². The van der Waals surface area contributed by atoms with Gasteiger partial charge in [-0.25, -0.2) is 4.98 Å². The van der Waals surface area contributed by atoms with Crippen LogP contribution in [0.3, 0.4) is 0 Å². The lowest BCUT2D eigenvalue weighted by Crippen LogP contribution is -1.96. The monoisotopic (exact) mass is 700 g/mol. The van der Waals surface area contributed by atoms with E-state index in [0.29, 0.717) is 0 Å². The molecule has 2 heterocycles. The van der Waals surface area contributed by atoms with Crippen LogP contribution in [0.2, 0.25) is 0 Å². The quantitative estimate of drug-likeness (QED) is 0.162. The number of fused-ring (bicyclic) bond motifs is 3. The Hall–Kier alpha value is -7.29. The van der Waals surface area contributed by atoms with Crippen LogP contribution in [-0.2, 0) is 0 Å². The molecule has 0 spiro atoms. The second-order valence-corrected chi connectivity index (χ2v) is 14.0. The van der Waals surface area contributed by atoms with Gasteiger partial charge in [0.15, 0.2) is 0 Å². The van der Waals surface area contributed by atoms with E-state index in [2.05, 4.69) is 223 Å². The molecule has 0 aliphatic carbocycles. The Morgan fingerprint density at radius 3 is 1.15 bits per heavy atom. The van der Waals surface area contributed by atoms with Gasteiger partial charge in [0.25, 0.3) is 0 Å². The number of pyridine rings is 1. The lowest BCUT2D eigenvalue weighted by Gasteiger charge is -2.13. The van der Waals surface area contributed by atoms with Gasteiger partial charge in [0.05, 0.1) is 22.4 Å². The van der Waals surface area contributed by atoms with Crippen molar-refractivity contribution >= 4 is 21.8 Å². The Morgan fingerprint density at radius 2 is 0.636 bits per heavy atom. The standard InChI is InChI=1S/C53H36N2/c1-5-14-37(15-6-1)40-24-26-41(27-25-40)46-35-50(42-20-11-4-12-21-42)54-51(36-46)45-22-13-23-47(32-45)55-52-30-28-43(38-16-7-2-8-17-38)33-48(52)49-34-44(29-31-53(49)55)39-18-9-3-10-19-39/h1-36H. The summed E-state index contributed by atoms with van der Waals surface area (Å²) in [6.07, 6.45) is 0. The minimum atomic E-state index is 0.934. The summed E-state index contributed by atoms with van der Waals surface area (Å²) in [6.45, 7) is 0. The molecule has 0 amide bonds. The van der Waals surface area contributed by atoms with Gasteiger partial charge < -0.3 is 4.57 Å². The fourth-order valence-corrected chi connectivity index (χ4v) is 7.81. The molecule has 0 bridgehead atoms. The first kappa shape index (κ1) is 32.4. The molecule has 55 heavy (non-hydrogen) atoms. The Labute approximate surface area is 321 Å². The molecular formula is C53H36N2. The van der Waals surface area contributed by atoms with Gasteiger partial charge in [0.2, 0.25) is 0 Å². The highest BCUT2D eigenvalue weighted by atomic mass is 15.0. The summed E-state index contributed by atoms with van der Waals surface area (Å²) in [6, 6.07) is 78.2. The topological polar surface area (TPSA) is 17.8 Å². The number of rotatable bonds is 7. The minimum Gasteiger partial charge on any atom is -0.309 e. The smallest absolute Gasteiger partial charge is 0.0716 e. The highest BCUT2D eigenvalue weighted by Gasteiger charge is 2.16. The van der Waals surface area contributed by atoms with Crippen LogP contribution in [0.4, 0.5) is 0 Å². The molecule has 2 nitrogen and oxygen atoms in total. The first-order valence-corrected chi connectivity index (χ1v) is 18.8. The van der Waals surface area contributed by atoms with Crippen LogP contribution in [0.1, 0.15) is 0 Å². The predicted molar refractivity (Wildman–Crippen MR) is 231 cm³/mol. The van der Waals surface area contributed by atoms with Crippen LogP contribution in [0.25, 0.3) is 94.5 Å². The van der Waals surface area contributed by atoms with Crippen molar-refractivity contribution in [3.8, 4) is 72.7 Å². The van der Waals surface area contributed by atoms with Gasteiger partial charge in [0.1, 0.15) is 0 Å². The van der Waals surface area contributed by atoms with E-state index in [9.17, 15) is 0 Å². The van der Waals surface area contributed by atoms with Crippen molar-refractivity contribution in [3.63, 3.8) is 0 Å². The van der Waals surface area contributed by atoms with Crippen molar-refractivity contribution in [2.45, 2.75) is 0 Å². The molecule has 10 rings (SSSR count). The molecule has 0 fully saturated rings. The van der Waals surface area contributed by atoms with Crippen LogP contribution in [0.15, 0.2) is 218 Å². The first-order chi connectivity index (χ1) is 27.2. The van der Waals surface area contributed by atoms with Crippen molar-refractivity contribution in [2.75, 3.05) is 0 Å². The van der Waals surface area contributed by atoms with Gasteiger partial charge in [-0.2, -0.15) is 0 Å². The molecule has 0 radical (unpaired) electrons. The van der Waals surface area contributed by atoms with Gasteiger partial charge >= 0.3 is 0 Å². The van der Waals surface area contributed by atoms with E-state index in [1.807, 2.05) is 0 Å². The van der Waals surface area contributed by atoms with Crippen LogP contribution >= 0.6 is 0 Å². The van der Waals surface area contributed by atoms with Gasteiger partial charge in [-0.05, 0) is 93.0 Å². The molecule has 0 aliphatic heterocycles. The van der Waals surface area contributed by atoms with E-state index in [4.69, 9.17) is 4.98 Å². The van der Waals surface area contributed by atoms with Gasteiger partial charge in [-0.3, -0.25) is 0 Å². The van der Waals surface area contributed by atoms with Crippen molar-refractivity contribution in [3.05, 3.63) is 218 Å². The van der Waals surface area contributed by atoms with Crippen LogP contribution in [0, 0.1) is 0 Å². The molecule has 10 aromatic rings. The van der Waals surface area contributed by atoms with Gasteiger partial charge in [-0.15, -0.1) is 0 Å². The van der Waals surface area contributed by atoms with E-state index in [-0.39, 0.29) is 0 Å². The zero-order chi connectivity index (χ0) is 36.6. The number of nitrogens with zero attached hydrogens (tertiary/aromatic N) is 2. The highest BCUT2D eigenvalue weighted by Crippen LogP contribution is 2.38. The van der Waals surface area contributed by atoms with E-state index >= 15 is 0 Å². The third kappa shape index (κ3) is 6.20. The van der Waals surface area contributed by atoms with E-state index in [0.717, 1.165) is 39.3 Å². The Bertz CT molecular complexity index is 2830. The normalized spacial score (nSPS) is 11.3. The highest BCUT2D eigenvalue weighted by molar-refractivity contribution is 6.11.